The zero-order valence-electron chi connectivity index (χ0n) is 19.3. The maximum Gasteiger partial charge on any atom is 0.269 e. The second kappa shape index (κ2) is 13.4. The van der Waals surface area contributed by atoms with Crippen LogP contribution in [-0.2, 0) is 14.8 Å². The number of sulfonamides is 1. The molecule has 1 heterocycles. The molecule has 0 saturated carbocycles. The molecule has 0 bridgehead atoms. The first-order chi connectivity index (χ1) is 16.3. The number of methoxy groups -OCH3 is 1. The molecule has 0 unspecified atom stereocenters. The minimum absolute atomic E-state index is 0.0314. The third kappa shape index (κ3) is 8.23. The summed E-state index contributed by atoms with van der Waals surface area (Å²) in [6.07, 6.45) is 5.25. The highest BCUT2D eigenvalue weighted by molar-refractivity contribution is 7.90. The smallest absolute Gasteiger partial charge is 0.269 e. The van der Waals surface area contributed by atoms with Crippen molar-refractivity contribution in [3.8, 4) is 0 Å². The molecule has 34 heavy (non-hydrogen) atoms. The van der Waals surface area contributed by atoms with Crippen LogP contribution < -0.4 is 15.4 Å². The van der Waals surface area contributed by atoms with E-state index in [4.69, 9.17) is 4.74 Å². The van der Waals surface area contributed by atoms with Crippen LogP contribution in [0.3, 0.4) is 0 Å². The lowest BCUT2D eigenvalue weighted by molar-refractivity contribution is 0.0927. The Morgan fingerprint density at radius 2 is 1.53 bits per heavy atom. The minimum atomic E-state index is -4.17. The van der Waals surface area contributed by atoms with Crippen LogP contribution in [0.15, 0.2) is 47.5 Å². The molecule has 3 amide bonds. The summed E-state index contributed by atoms with van der Waals surface area (Å²) in [5.74, 6) is -1.63. The van der Waals surface area contributed by atoms with Crippen LogP contribution in [0, 0.1) is 0 Å². The fourth-order valence-corrected chi connectivity index (χ4v) is 3.87. The summed E-state index contributed by atoms with van der Waals surface area (Å²) in [5.41, 5.74) is 0.371. The van der Waals surface area contributed by atoms with Crippen LogP contribution in [0.1, 0.15) is 63.8 Å². The number of nitrogens with zero attached hydrogens (tertiary/aromatic N) is 1. The molecule has 184 valence electrons. The van der Waals surface area contributed by atoms with Gasteiger partial charge in [0.2, 0.25) is 0 Å². The number of unbranched alkanes of at least 4 members (excludes halogenated alkanes) is 3. The lowest BCUT2D eigenvalue weighted by Gasteiger charge is -2.09. The largest absolute Gasteiger partial charge is 0.383 e. The number of ether oxygens (including phenoxy) is 1. The summed E-state index contributed by atoms with van der Waals surface area (Å²) < 4.78 is 31.9. The van der Waals surface area contributed by atoms with Gasteiger partial charge in [0.1, 0.15) is 5.69 Å². The number of amides is 3. The number of pyridine rings is 1. The van der Waals surface area contributed by atoms with Crippen molar-refractivity contribution in [1.29, 1.82) is 0 Å². The molecule has 0 atom stereocenters. The third-order valence-corrected chi connectivity index (χ3v) is 6.17. The maximum atomic E-state index is 12.6. The van der Waals surface area contributed by atoms with Crippen LogP contribution in [0.2, 0.25) is 0 Å². The molecule has 1 aromatic heterocycles. The molecule has 1 aromatic carbocycles. The van der Waals surface area contributed by atoms with Crippen LogP contribution in [0.4, 0.5) is 0 Å². The predicted octanol–water partition coefficient (Wildman–Crippen LogP) is 1.89. The van der Waals surface area contributed by atoms with Gasteiger partial charge in [0.05, 0.1) is 17.1 Å². The van der Waals surface area contributed by atoms with Gasteiger partial charge in [-0.05, 0) is 42.8 Å². The molecule has 0 aliphatic heterocycles. The van der Waals surface area contributed by atoms with Gasteiger partial charge in [-0.2, -0.15) is 0 Å². The van der Waals surface area contributed by atoms with Gasteiger partial charge in [0, 0.05) is 32.0 Å². The molecule has 10 nitrogen and oxygen atoms in total. The summed E-state index contributed by atoms with van der Waals surface area (Å²) in [7, 11) is -2.66. The van der Waals surface area contributed by atoms with Gasteiger partial charge in [0.15, 0.2) is 0 Å². The van der Waals surface area contributed by atoms with Gasteiger partial charge in [0.25, 0.3) is 27.7 Å². The lowest BCUT2D eigenvalue weighted by Crippen LogP contribution is -2.31. The molecule has 0 saturated heterocycles. The summed E-state index contributed by atoms with van der Waals surface area (Å²) in [6.45, 7) is 3.30. The Labute approximate surface area is 199 Å². The molecule has 2 rings (SSSR count). The number of benzene rings is 1. The highest BCUT2D eigenvalue weighted by Crippen LogP contribution is 2.12. The summed E-state index contributed by atoms with van der Waals surface area (Å²) >= 11 is 0. The van der Waals surface area contributed by atoms with Gasteiger partial charge >= 0.3 is 0 Å². The van der Waals surface area contributed by atoms with Crippen molar-refractivity contribution in [1.82, 2.24) is 20.3 Å². The Hall–Kier alpha value is -3.31. The van der Waals surface area contributed by atoms with E-state index >= 15 is 0 Å². The zero-order chi connectivity index (χ0) is 25.0. The van der Waals surface area contributed by atoms with Crippen LogP contribution in [-0.4, -0.2) is 57.9 Å². The summed E-state index contributed by atoms with van der Waals surface area (Å²) in [5, 5.41) is 5.39. The highest BCUT2D eigenvalue weighted by atomic mass is 32.2. The standard InChI is InChI=1S/C23H30N4O6S/c1-3-4-5-6-13-24-21(28)17-7-10-19(11-8-17)34(31,32)27-22(29)18-9-12-20(26-16-18)23(30)25-14-15-33-2/h7-12,16H,3-6,13-15H2,1-2H3,(H,24,28)(H,25,30)(H,27,29). The van der Waals surface area contributed by atoms with E-state index in [1.807, 2.05) is 4.72 Å². The molecule has 2 aromatic rings. The van der Waals surface area contributed by atoms with E-state index in [1.165, 1.54) is 43.5 Å². The van der Waals surface area contributed by atoms with Crippen molar-refractivity contribution in [2.75, 3.05) is 26.8 Å². The SMILES string of the molecule is CCCCCCNC(=O)c1ccc(S(=O)(=O)NC(=O)c2ccc(C(=O)NCCOC)nc2)cc1. The average molecular weight is 491 g/mol. The fraction of sp³-hybridized carbons (Fsp3) is 0.391. The van der Waals surface area contributed by atoms with Crippen molar-refractivity contribution in [3.63, 3.8) is 0 Å². The van der Waals surface area contributed by atoms with Crippen molar-refractivity contribution >= 4 is 27.7 Å². The quantitative estimate of drug-likeness (QED) is 0.364. The van der Waals surface area contributed by atoms with Crippen LogP contribution >= 0.6 is 0 Å². The van der Waals surface area contributed by atoms with Crippen molar-refractivity contribution in [2.24, 2.45) is 0 Å². The molecule has 0 radical (unpaired) electrons. The van der Waals surface area contributed by atoms with E-state index in [0.717, 1.165) is 31.9 Å². The molecule has 11 heteroatoms. The van der Waals surface area contributed by atoms with E-state index < -0.39 is 21.8 Å². The minimum Gasteiger partial charge on any atom is -0.383 e. The Bertz CT molecular complexity index is 1070. The molecular formula is C23H30N4O6S. The molecule has 0 aliphatic carbocycles. The van der Waals surface area contributed by atoms with Crippen molar-refractivity contribution in [2.45, 2.75) is 37.5 Å². The number of carbonyl (C=O) groups excluding carboxylic acids is 3. The van der Waals surface area contributed by atoms with Crippen LogP contribution in [0.5, 0.6) is 0 Å². The van der Waals surface area contributed by atoms with Crippen molar-refractivity contribution < 1.29 is 27.5 Å². The van der Waals surface area contributed by atoms with E-state index in [-0.39, 0.29) is 22.1 Å². The van der Waals surface area contributed by atoms with Gasteiger partial charge in [-0.1, -0.05) is 26.2 Å². The number of nitrogens with one attached hydrogen (secondary N) is 3. The van der Waals surface area contributed by atoms with Crippen molar-refractivity contribution in [3.05, 3.63) is 59.4 Å². The number of carbonyl (C=O) groups is 3. The van der Waals surface area contributed by atoms with E-state index in [0.29, 0.717) is 25.3 Å². The molecule has 0 fully saturated rings. The first-order valence-corrected chi connectivity index (χ1v) is 12.5. The maximum absolute atomic E-state index is 12.6. The third-order valence-electron chi connectivity index (χ3n) is 4.82. The monoisotopic (exact) mass is 490 g/mol. The topological polar surface area (TPSA) is 144 Å². The number of rotatable bonds is 13. The predicted molar refractivity (Wildman–Crippen MR) is 126 cm³/mol. The number of hydrogen-bond donors (Lipinski definition) is 3. The Kier molecular flexibility index (Phi) is 10.6. The lowest BCUT2D eigenvalue weighted by atomic mass is 10.2. The Morgan fingerprint density at radius 1 is 0.853 bits per heavy atom. The van der Waals surface area contributed by atoms with Gasteiger partial charge in [-0.3, -0.25) is 19.4 Å². The van der Waals surface area contributed by atoms with E-state index in [2.05, 4.69) is 22.5 Å². The van der Waals surface area contributed by atoms with E-state index in [1.54, 1.807) is 0 Å². The van der Waals surface area contributed by atoms with Gasteiger partial charge in [-0.15, -0.1) is 0 Å². The molecule has 0 spiro atoms. The second-order valence-electron chi connectivity index (χ2n) is 7.46. The van der Waals surface area contributed by atoms with Gasteiger partial charge < -0.3 is 15.4 Å². The average Bonchev–Trinajstić information content (AvgIpc) is 2.83. The Balaban J connectivity index is 1.95. The number of aromatic nitrogens is 1. The summed E-state index contributed by atoms with van der Waals surface area (Å²) in [4.78, 5) is 40.2. The second-order valence-corrected chi connectivity index (χ2v) is 9.14. The normalized spacial score (nSPS) is 11.0. The zero-order valence-corrected chi connectivity index (χ0v) is 20.1. The first kappa shape index (κ1) is 26.9. The number of hydrogen-bond acceptors (Lipinski definition) is 7. The molecule has 3 N–H and O–H groups in total. The fourth-order valence-electron chi connectivity index (χ4n) is 2.90. The first-order valence-electron chi connectivity index (χ1n) is 11.0. The van der Waals surface area contributed by atoms with Crippen LogP contribution in [0.25, 0.3) is 0 Å². The summed E-state index contributed by atoms with van der Waals surface area (Å²) in [6, 6.07) is 7.91. The highest BCUT2D eigenvalue weighted by Gasteiger charge is 2.20. The molecular weight excluding hydrogens is 460 g/mol. The molecule has 0 aliphatic rings. The van der Waals surface area contributed by atoms with E-state index in [9.17, 15) is 22.8 Å². The van der Waals surface area contributed by atoms with Gasteiger partial charge in [-0.25, -0.2) is 13.1 Å². The Morgan fingerprint density at radius 3 is 2.15 bits per heavy atom.